The van der Waals surface area contributed by atoms with Crippen molar-refractivity contribution < 1.29 is 9.53 Å². The minimum absolute atomic E-state index is 0.0108. The third kappa shape index (κ3) is 3.40. The van der Waals surface area contributed by atoms with E-state index in [9.17, 15) is 4.79 Å². The molecule has 1 aliphatic rings. The van der Waals surface area contributed by atoms with Crippen LogP contribution in [0.25, 0.3) is 0 Å². The number of hydrogen-bond donors (Lipinski definition) is 0. The maximum absolute atomic E-state index is 12.2. The number of nitrogens with zero attached hydrogens (tertiary/aromatic N) is 2. The molecule has 1 saturated heterocycles. The standard InChI is InChI=1S/C17H18N2O2/c20-17(21-16-4-2-1-3-5-16)14-8-12-19(13-9-14)15-6-10-18-11-7-15/h1-7,10-11,14H,8-9,12-13H2. The molecular weight excluding hydrogens is 264 g/mol. The lowest BCUT2D eigenvalue weighted by atomic mass is 9.96. The first-order valence-electron chi connectivity index (χ1n) is 7.24. The maximum atomic E-state index is 12.2. The zero-order valence-electron chi connectivity index (χ0n) is 11.8. The molecule has 0 atom stereocenters. The summed E-state index contributed by atoms with van der Waals surface area (Å²) in [6.45, 7) is 1.75. The van der Waals surface area contributed by atoms with Crippen LogP contribution >= 0.6 is 0 Å². The Labute approximate surface area is 124 Å². The number of para-hydroxylation sites is 1. The first-order valence-corrected chi connectivity index (χ1v) is 7.24. The normalized spacial score (nSPS) is 15.7. The van der Waals surface area contributed by atoms with Gasteiger partial charge in [-0.2, -0.15) is 0 Å². The van der Waals surface area contributed by atoms with Gasteiger partial charge in [0.15, 0.2) is 0 Å². The third-order valence-corrected chi connectivity index (χ3v) is 3.82. The predicted molar refractivity (Wildman–Crippen MR) is 81.3 cm³/mol. The largest absolute Gasteiger partial charge is 0.426 e. The zero-order chi connectivity index (χ0) is 14.5. The fourth-order valence-electron chi connectivity index (χ4n) is 2.62. The molecule has 0 saturated carbocycles. The average molecular weight is 282 g/mol. The van der Waals surface area contributed by atoms with Crippen LogP contribution in [0.2, 0.25) is 0 Å². The van der Waals surface area contributed by atoms with E-state index in [0.717, 1.165) is 25.9 Å². The molecule has 0 spiro atoms. The van der Waals surface area contributed by atoms with Crippen molar-refractivity contribution in [2.24, 2.45) is 5.92 Å². The van der Waals surface area contributed by atoms with Crippen molar-refractivity contribution in [2.75, 3.05) is 18.0 Å². The Bertz CT molecular complexity index is 578. The summed E-state index contributed by atoms with van der Waals surface area (Å²) in [5.41, 5.74) is 1.17. The monoisotopic (exact) mass is 282 g/mol. The second-order valence-corrected chi connectivity index (χ2v) is 5.20. The van der Waals surface area contributed by atoms with Gasteiger partial charge in [-0.1, -0.05) is 18.2 Å². The second kappa shape index (κ2) is 6.39. The lowest BCUT2D eigenvalue weighted by Crippen LogP contribution is -2.37. The van der Waals surface area contributed by atoms with Gasteiger partial charge in [0.25, 0.3) is 0 Å². The Morgan fingerprint density at radius 3 is 2.38 bits per heavy atom. The van der Waals surface area contributed by atoms with E-state index >= 15 is 0 Å². The van der Waals surface area contributed by atoms with E-state index < -0.39 is 0 Å². The van der Waals surface area contributed by atoms with Gasteiger partial charge in [0.05, 0.1) is 5.92 Å². The summed E-state index contributed by atoms with van der Waals surface area (Å²) >= 11 is 0. The van der Waals surface area contributed by atoms with Crippen molar-refractivity contribution in [1.29, 1.82) is 0 Å². The van der Waals surface area contributed by atoms with E-state index in [0.29, 0.717) is 5.75 Å². The summed E-state index contributed by atoms with van der Waals surface area (Å²) < 4.78 is 5.43. The molecule has 0 unspecified atom stereocenters. The number of aromatic nitrogens is 1. The number of carbonyl (C=O) groups excluding carboxylic acids is 1. The lowest BCUT2D eigenvalue weighted by molar-refractivity contribution is -0.139. The molecule has 1 aromatic carbocycles. The minimum Gasteiger partial charge on any atom is -0.426 e. The van der Waals surface area contributed by atoms with Gasteiger partial charge in [-0.05, 0) is 37.1 Å². The molecule has 108 valence electrons. The van der Waals surface area contributed by atoms with E-state index in [1.165, 1.54) is 5.69 Å². The number of benzene rings is 1. The summed E-state index contributed by atoms with van der Waals surface area (Å²) in [6.07, 6.45) is 5.25. The van der Waals surface area contributed by atoms with Gasteiger partial charge in [-0.15, -0.1) is 0 Å². The highest BCUT2D eigenvalue weighted by Gasteiger charge is 2.26. The molecule has 1 aliphatic heterocycles. The summed E-state index contributed by atoms with van der Waals surface area (Å²) in [6, 6.07) is 13.3. The molecule has 3 rings (SSSR count). The van der Waals surface area contributed by atoms with Gasteiger partial charge < -0.3 is 9.64 Å². The van der Waals surface area contributed by atoms with Gasteiger partial charge in [-0.3, -0.25) is 9.78 Å². The number of rotatable bonds is 3. The number of esters is 1. The minimum atomic E-state index is -0.115. The van der Waals surface area contributed by atoms with E-state index in [1.807, 2.05) is 42.5 Å². The highest BCUT2D eigenvalue weighted by Crippen LogP contribution is 2.24. The van der Waals surface area contributed by atoms with Crippen molar-refractivity contribution in [3.8, 4) is 5.75 Å². The van der Waals surface area contributed by atoms with Crippen LogP contribution in [0, 0.1) is 5.92 Å². The molecular formula is C17H18N2O2. The highest BCUT2D eigenvalue weighted by atomic mass is 16.5. The topological polar surface area (TPSA) is 42.4 Å². The third-order valence-electron chi connectivity index (χ3n) is 3.82. The fourth-order valence-corrected chi connectivity index (χ4v) is 2.62. The number of ether oxygens (including phenoxy) is 1. The number of carbonyl (C=O) groups is 1. The van der Waals surface area contributed by atoms with Crippen molar-refractivity contribution in [3.63, 3.8) is 0 Å². The predicted octanol–water partition coefficient (Wildman–Crippen LogP) is 2.90. The second-order valence-electron chi connectivity index (χ2n) is 5.20. The van der Waals surface area contributed by atoms with Crippen LogP contribution in [0.1, 0.15) is 12.8 Å². The van der Waals surface area contributed by atoms with Crippen molar-refractivity contribution in [2.45, 2.75) is 12.8 Å². The van der Waals surface area contributed by atoms with Crippen molar-refractivity contribution >= 4 is 11.7 Å². The lowest BCUT2D eigenvalue weighted by Gasteiger charge is -2.32. The van der Waals surface area contributed by atoms with Gasteiger partial charge in [-0.25, -0.2) is 0 Å². The molecule has 21 heavy (non-hydrogen) atoms. The molecule has 2 heterocycles. The smallest absolute Gasteiger partial charge is 0.314 e. The van der Waals surface area contributed by atoms with Crippen LogP contribution < -0.4 is 9.64 Å². The quantitative estimate of drug-likeness (QED) is 0.641. The van der Waals surface area contributed by atoms with Crippen LogP contribution in [0.3, 0.4) is 0 Å². The Morgan fingerprint density at radius 2 is 1.71 bits per heavy atom. The maximum Gasteiger partial charge on any atom is 0.314 e. The molecule has 0 bridgehead atoms. The van der Waals surface area contributed by atoms with Crippen LogP contribution in [-0.4, -0.2) is 24.0 Å². The Balaban J connectivity index is 1.55. The summed E-state index contributed by atoms with van der Waals surface area (Å²) in [4.78, 5) is 18.5. The van der Waals surface area contributed by atoms with Crippen molar-refractivity contribution in [3.05, 3.63) is 54.9 Å². The van der Waals surface area contributed by atoms with Crippen LogP contribution in [0.4, 0.5) is 5.69 Å². The first kappa shape index (κ1) is 13.6. The Morgan fingerprint density at radius 1 is 1.05 bits per heavy atom. The molecule has 0 aliphatic carbocycles. The summed E-state index contributed by atoms with van der Waals surface area (Å²) in [5.74, 6) is 0.498. The molecule has 0 radical (unpaired) electrons. The first-order chi connectivity index (χ1) is 10.3. The van der Waals surface area contributed by atoms with Crippen LogP contribution in [-0.2, 0) is 4.79 Å². The average Bonchev–Trinajstić information content (AvgIpc) is 2.57. The summed E-state index contributed by atoms with van der Waals surface area (Å²) in [5, 5.41) is 0. The number of anilines is 1. The number of hydrogen-bond acceptors (Lipinski definition) is 4. The molecule has 1 fully saturated rings. The molecule has 0 amide bonds. The molecule has 2 aromatic rings. The molecule has 1 aromatic heterocycles. The number of piperidine rings is 1. The molecule has 0 N–H and O–H groups in total. The van der Waals surface area contributed by atoms with E-state index in [4.69, 9.17) is 4.74 Å². The van der Waals surface area contributed by atoms with Crippen LogP contribution in [0.5, 0.6) is 5.75 Å². The number of pyridine rings is 1. The van der Waals surface area contributed by atoms with E-state index in [2.05, 4.69) is 9.88 Å². The summed E-state index contributed by atoms with van der Waals surface area (Å²) in [7, 11) is 0. The van der Waals surface area contributed by atoms with E-state index in [1.54, 1.807) is 12.4 Å². The fraction of sp³-hybridized carbons (Fsp3) is 0.294. The Hall–Kier alpha value is -2.36. The van der Waals surface area contributed by atoms with Crippen molar-refractivity contribution in [1.82, 2.24) is 4.98 Å². The van der Waals surface area contributed by atoms with Crippen LogP contribution in [0.15, 0.2) is 54.9 Å². The van der Waals surface area contributed by atoms with Gasteiger partial charge >= 0.3 is 5.97 Å². The highest BCUT2D eigenvalue weighted by molar-refractivity contribution is 5.75. The molecule has 4 nitrogen and oxygen atoms in total. The van der Waals surface area contributed by atoms with Gasteiger partial charge in [0.1, 0.15) is 5.75 Å². The Kier molecular flexibility index (Phi) is 4.15. The SMILES string of the molecule is O=C(Oc1ccccc1)C1CCN(c2ccncc2)CC1. The van der Waals surface area contributed by atoms with Gasteiger partial charge in [0, 0.05) is 31.2 Å². The van der Waals surface area contributed by atoms with E-state index in [-0.39, 0.29) is 11.9 Å². The molecule has 4 heteroatoms. The zero-order valence-corrected chi connectivity index (χ0v) is 11.8. The van der Waals surface area contributed by atoms with Gasteiger partial charge in [0.2, 0.25) is 0 Å².